The maximum Gasteiger partial charge on any atom is 0.259 e. The first-order valence-electron chi connectivity index (χ1n) is 7.25. The van der Waals surface area contributed by atoms with Gasteiger partial charge >= 0.3 is 0 Å². The summed E-state index contributed by atoms with van der Waals surface area (Å²) in [5, 5.41) is 22.7. The van der Waals surface area contributed by atoms with Gasteiger partial charge in [0.1, 0.15) is 11.5 Å². The van der Waals surface area contributed by atoms with Gasteiger partial charge in [0, 0.05) is 37.0 Å². The molecule has 5 nitrogen and oxygen atoms in total. The third-order valence-corrected chi connectivity index (χ3v) is 3.94. The summed E-state index contributed by atoms with van der Waals surface area (Å²) in [7, 11) is 3.92. The molecule has 1 heterocycles. The molecule has 118 valence electrons. The molecule has 0 saturated heterocycles. The van der Waals surface area contributed by atoms with Gasteiger partial charge in [0.25, 0.3) is 5.91 Å². The quantitative estimate of drug-likeness (QED) is 0.587. The summed E-state index contributed by atoms with van der Waals surface area (Å²) in [6.45, 7) is 1.47. The molecule has 3 N–H and O–H groups in total. The van der Waals surface area contributed by atoms with Crippen LogP contribution >= 0.6 is 0 Å². The molecule has 0 atom stereocenters. The van der Waals surface area contributed by atoms with Gasteiger partial charge in [0.15, 0.2) is 0 Å². The summed E-state index contributed by atoms with van der Waals surface area (Å²) < 4.78 is 0. The van der Waals surface area contributed by atoms with E-state index >= 15 is 0 Å². The lowest BCUT2D eigenvalue weighted by Gasteiger charge is -2.13. The lowest BCUT2D eigenvalue weighted by atomic mass is 9.97. The van der Waals surface area contributed by atoms with Crippen molar-refractivity contribution < 1.29 is 15.0 Å². The van der Waals surface area contributed by atoms with Gasteiger partial charge in [0.05, 0.1) is 11.3 Å². The zero-order valence-corrected chi connectivity index (χ0v) is 13.2. The fraction of sp³-hybridized carbons (Fsp3) is 0.167. The first-order valence-corrected chi connectivity index (χ1v) is 7.25. The summed E-state index contributed by atoms with van der Waals surface area (Å²) in [6, 6.07) is 11.0. The maximum absolute atomic E-state index is 11.9. The number of fused-ring (bicyclic) bond motifs is 1. The highest BCUT2D eigenvalue weighted by molar-refractivity contribution is 6.32. The number of allylic oxidation sites excluding steroid dienone is 1. The van der Waals surface area contributed by atoms with Crippen molar-refractivity contribution >= 4 is 22.9 Å². The molecule has 0 fully saturated rings. The first kappa shape index (κ1) is 15.0. The number of hydrogen-bond donors (Lipinski definition) is 3. The van der Waals surface area contributed by atoms with Crippen LogP contribution in [-0.4, -0.2) is 30.2 Å². The number of carbonyl (C=O) groups is 1. The first-order chi connectivity index (χ1) is 10.9. The number of rotatable bonds is 2. The SMILES string of the molecule is C/C(O)=C1\C(=O)Nc2cc(O)c(-c3ccc(N(C)C)cc3)cc21. The monoisotopic (exact) mass is 310 g/mol. The number of hydrogen-bond acceptors (Lipinski definition) is 4. The molecule has 23 heavy (non-hydrogen) atoms. The molecule has 1 aliphatic heterocycles. The Labute approximate surface area is 134 Å². The summed E-state index contributed by atoms with van der Waals surface area (Å²) in [5.41, 5.74) is 3.85. The molecule has 0 unspecified atom stereocenters. The highest BCUT2D eigenvalue weighted by Gasteiger charge is 2.28. The number of aliphatic hydroxyl groups is 1. The number of benzene rings is 2. The number of carbonyl (C=O) groups excluding carboxylic acids is 1. The Kier molecular flexibility index (Phi) is 3.48. The molecule has 3 rings (SSSR count). The van der Waals surface area contributed by atoms with Crippen molar-refractivity contribution in [3.63, 3.8) is 0 Å². The lowest BCUT2D eigenvalue weighted by molar-refractivity contribution is -0.110. The van der Waals surface area contributed by atoms with E-state index in [1.54, 1.807) is 6.07 Å². The summed E-state index contributed by atoms with van der Waals surface area (Å²) in [5.74, 6) is -0.321. The van der Waals surface area contributed by atoms with E-state index in [4.69, 9.17) is 0 Å². The fourth-order valence-electron chi connectivity index (χ4n) is 2.74. The minimum atomic E-state index is -0.362. The van der Waals surface area contributed by atoms with Gasteiger partial charge in [-0.05, 0) is 30.7 Å². The van der Waals surface area contributed by atoms with E-state index < -0.39 is 0 Å². The topological polar surface area (TPSA) is 72.8 Å². The smallest absolute Gasteiger partial charge is 0.259 e. The Balaban J connectivity index is 2.12. The lowest BCUT2D eigenvalue weighted by Crippen LogP contribution is -2.07. The van der Waals surface area contributed by atoms with Crippen LogP contribution in [0.15, 0.2) is 42.2 Å². The molecule has 2 aromatic rings. The Morgan fingerprint density at radius 1 is 1.09 bits per heavy atom. The molecule has 0 saturated carbocycles. The number of amides is 1. The number of aliphatic hydroxyl groups excluding tert-OH is 1. The van der Waals surface area contributed by atoms with Crippen LogP contribution in [0.2, 0.25) is 0 Å². The minimum Gasteiger partial charge on any atom is -0.512 e. The van der Waals surface area contributed by atoms with Crippen LogP contribution in [0, 0.1) is 0 Å². The van der Waals surface area contributed by atoms with Crippen molar-refractivity contribution in [2.24, 2.45) is 0 Å². The molecule has 1 amide bonds. The van der Waals surface area contributed by atoms with E-state index in [1.807, 2.05) is 43.3 Å². The van der Waals surface area contributed by atoms with Crippen LogP contribution in [0.3, 0.4) is 0 Å². The zero-order chi connectivity index (χ0) is 16.7. The molecular formula is C18H18N2O3. The van der Waals surface area contributed by atoms with Crippen molar-refractivity contribution in [1.82, 2.24) is 0 Å². The van der Waals surface area contributed by atoms with Crippen LogP contribution in [0.4, 0.5) is 11.4 Å². The van der Waals surface area contributed by atoms with Gasteiger partial charge in [-0.2, -0.15) is 0 Å². The Hall–Kier alpha value is -2.95. The highest BCUT2D eigenvalue weighted by atomic mass is 16.3. The summed E-state index contributed by atoms with van der Waals surface area (Å²) in [4.78, 5) is 13.9. The molecule has 0 aromatic heterocycles. The van der Waals surface area contributed by atoms with E-state index in [1.165, 1.54) is 13.0 Å². The van der Waals surface area contributed by atoms with Gasteiger partial charge in [0.2, 0.25) is 0 Å². The van der Waals surface area contributed by atoms with Crippen LogP contribution in [0.1, 0.15) is 12.5 Å². The molecule has 5 heteroatoms. The van der Waals surface area contributed by atoms with Gasteiger partial charge in [-0.3, -0.25) is 4.79 Å². The standard InChI is InChI=1S/C18H18N2O3/c1-10(21)17-14-8-13(16(22)9-15(14)19-18(17)23)11-4-6-12(7-5-11)20(2)3/h4-9,21-22H,1-3H3,(H,19,23)/b17-10+. The average molecular weight is 310 g/mol. The van der Waals surface area contributed by atoms with Gasteiger partial charge in [-0.1, -0.05) is 12.1 Å². The Bertz CT molecular complexity index is 817. The number of nitrogens with zero attached hydrogens (tertiary/aromatic N) is 1. The molecule has 0 bridgehead atoms. The Morgan fingerprint density at radius 3 is 2.30 bits per heavy atom. The number of aromatic hydroxyl groups is 1. The maximum atomic E-state index is 11.9. The number of phenols is 1. The largest absolute Gasteiger partial charge is 0.512 e. The summed E-state index contributed by atoms with van der Waals surface area (Å²) >= 11 is 0. The predicted molar refractivity (Wildman–Crippen MR) is 91.7 cm³/mol. The van der Waals surface area contributed by atoms with E-state index in [0.717, 1.165) is 11.3 Å². The molecule has 0 spiro atoms. The molecular weight excluding hydrogens is 292 g/mol. The van der Waals surface area contributed by atoms with E-state index in [2.05, 4.69) is 5.32 Å². The van der Waals surface area contributed by atoms with Crippen LogP contribution < -0.4 is 10.2 Å². The van der Waals surface area contributed by atoms with Crippen LogP contribution in [-0.2, 0) is 4.79 Å². The second kappa shape index (κ2) is 5.35. The normalized spacial score (nSPS) is 15.2. The van der Waals surface area contributed by atoms with Crippen molar-refractivity contribution in [2.45, 2.75) is 6.92 Å². The van der Waals surface area contributed by atoms with Gasteiger partial charge in [-0.25, -0.2) is 0 Å². The molecule has 2 aromatic carbocycles. The summed E-state index contributed by atoms with van der Waals surface area (Å²) in [6.07, 6.45) is 0. The minimum absolute atomic E-state index is 0.0409. The molecule has 0 radical (unpaired) electrons. The van der Waals surface area contributed by atoms with Crippen molar-refractivity contribution in [2.75, 3.05) is 24.3 Å². The number of phenolic OH excluding ortho intramolecular Hbond substituents is 1. The van der Waals surface area contributed by atoms with Crippen LogP contribution in [0.25, 0.3) is 16.7 Å². The predicted octanol–water partition coefficient (Wildman–Crippen LogP) is 3.37. The van der Waals surface area contributed by atoms with E-state index in [-0.39, 0.29) is 23.0 Å². The second-order valence-electron chi connectivity index (χ2n) is 5.77. The van der Waals surface area contributed by atoms with Crippen molar-refractivity contribution in [3.8, 4) is 16.9 Å². The van der Waals surface area contributed by atoms with Crippen molar-refractivity contribution in [1.29, 1.82) is 0 Å². The van der Waals surface area contributed by atoms with E-state index in [9.17, 15) is 15.0 Å². The Morgan fingerprint density at radius 2 is 1.74 bits per heavy atom. The van der Waals surface area contributed by atoms with Crippen LogP contribution in [0.5, 0.6) is 5.75 Å². The van der Waals surface area contributed by atoms with Crippen molar-refractivity contribution in [3.05, 3.63) is 47.7 Å². The molecule has 0 aliphatic carbocycles. The third-order valence-electron chi connectivity index (χ3n) is 3.94. The zero-order valence-electron chi connectivity index (χ0n) is 13.2. The average Bonchev–Trinajstić information content (AvgIpc) is 2.81. The number of nitrogens with one attached hydrogen (secondary N) is 1. The third kappa shape index (κ3) is 2.50. The van der Waals surface area contributed by atoms with Gasteiger partial charge in [-0.15, -0.1) is 0 Å². The highest BCUT2D eigenvalue weighted by Crippen LogP contribution is 2.41. The van der Waals surface area contributed by atoms with E-state index in [0.29, 0.717) is 16.8 Å². The van der Waals surface area contributed by atoms with Gasteiger partial charge < -0.3 is 20.4 Å². The number of anilines is 2. The molecule has 1 aliphatic rings. The second-order valence-corrected chi connectivity index (χ2v) is 5.77. The fourth-order valence-corrected chi connectivity index (χ4v) is 2.74.